The van der Waals surface area contributed by atoms with Crippen LogP contribution in [0.15, 0.2) is 0 Å². The van der Waals surface area contributed by atoms with Gasteiger partial charge in [-0.2, -0.15) is 0 Å². The number of aliphatic carboxylic acids is 1. The summed E-state index contributed by atoms with van der Waals surface area (Å²) in [4.78, 5) is 52.9. The Bertz CT molecular complexity index is 710. The van der Waals surface area contributed by atoms with Crippen LogP contribution in [-0.2, 0) is 23.9 Å². The summed E-state index contributed by atoms with van der Waals surface area (Å²) >= 11 is 0. The Balaban J connectivity index is 1.27. The Morgan fingerprint density at radius 2 is 1.64 bits per heavy atom. The number of amides is 3. The SMILES string of the molecule is O=C(O)C1CC2CCCCC2N1C(=O)CCN1C(=O)C2C3CCC(O3)C2C1=O. The molecule has 4 aliphatic heterocycles. The molecular weight excluding hydrogens is 364 g/mol. The topological polar surface area (TPSA) is 104 Å². The van der Waals surface area contributed by atoms with E-state index >= 15 is 0 Å². The molecule has 5 fully saturated rings. The van der Waals surface area contributed by atoms with Gasteiger partial charge in [-0.25, -0.2) is 4.79 Å². The van der Waals surface area contributed by atoms with Gasteiger partial charge in [-0.3, -0.25) is 19.3 Å². The quantitative estimate of drug-likeness (QED) is 0.712. The van der Waals surface area contributed by atoms with E-state index in [-0.39, 0.29) is 66.7 Å². The van der Waals surface area contributed by atoms with Crippen LogP contribution in [0.2, 0.25) is 0 Å². The van der Waals surface area contributed by atoms with Crippen molar-refractivity contribution in [2.24, 2.45) is 17.8 Å². The number of carboxylic acid groups (broad SMARTS) is 1. The van der Waals surface area contributed by atoms with E-state index in [1.165, 1.54) is 4.90 Å². The fourth-order valence-corrected chi connectivity index (χ4v) is 6.37. The molecule has 0 aromatic rings. The van der Waals surface area contributed by atoms with Gasteiger partial charge in [-0.15, -0.1) is 0 Å². The molecule has 4 saturated heterocycles. The molecule has 0 aromatic heterocycles. The molecule has 5 aliphatic rings. The molecule has 152 valence electrons. The van der Waals surface area contributed by atoms with Crippen molar-refractivity contribution >= 4 is 23.7 Å². The molecule has 3 amide bonds. The number of carbonyl (C=O) groups excluding carboxylic acids is 3. The van der Waals surface area contributed by atoms with E-state index in [0.29, 0.717) is 6.42 Å². The van der Waals surface area contributed by atoms with Crippen LogP contribution in [0.1, 0.15) is 51.4 Å². The number of hydrogen-bond acceptors (Lipinski definition) is 5. The lowest BCUT2D eigenvalue weighted by molar-refractivity contribution is -0.151. The summed E-state index contributed by atoms with van der Waals surface area (Å²) in [5.74, 6) is -2.17. The van der Waals surface area contributed by atoms with Crippen molar-refractivity contribution in [1.29, 1.82) is 0 Å². The Morgan fingerprint density at radius 1 is 1.00 bits per heavy atom. The van der Waals surface area contributed by atoms with Gasteiger partial charge >= 0.3 is 5.97 Å². The summed E-state index contributed by atoms with van der Waals surface area (Å²) in [5.41, 5.74) is 0. The van der Waals surface area contributed by atoms with Crippen LogP contribution in [0, 0.1) is 17.8 Å². The lowest BCUT2D eigenvalue weighted by atomic mass is 9.81. The zero-order valence-electron chi connectivity index (χ0n) is 15.8. The van der Waals surface area contributed by atoms with Crippen molar-refractivity contribution in [3.05, 3.63) is 0 Å². The number of hydrogen-bond donors (Lipinski definition) is 1. The highest BCUT2D eigenvalue weighted by Gasteiger charge is 2.62. The lowest BCUT2D eigenvalue weighted by Gasteiger charge is -2.33. The first kappa shape index (κ1) is 18.1. The molecule has 7 atom stereocenters. The lowest BCUT2D eigenvalue weighted by Crippen LogP contribution is -2.47. The first-order valence-electron chi connectivity index (χ1n) is 10.5. The zero-order chi connectivity index (χ0) is 19.6. The van der Waals surface area contributed by atoms with Gasteiger partial charge in [0, 0.05) is 19.0 Å². The summed E-state index contributed by atoms with van der Waals surface area (Å²) in [7, 11) is 0. The molecular formula is C20H26N2O6. The molecule has 7 unspecified atom stereocenters. The molecule has 2 bridgehead atoms. The van der Waals surface area contributed by atoms with Crippen molar-refractivity contribution in [3.63, 3.8) is 0 Å². The molecule has 8 nitrogen and oxygen atoms in total. The number of carboxylic acids is 1. The van der Waals surface area contributed by atoms with E-state index in [2.05, 4.69) is 0 Å². The number of rotatable bonds is 4. The van der Waals surface area contributed by atoms with Crippen molar-refractivity contribution in [2.45, 2.75) is 75.7 Å². The van der Waals surface area contributed by atoms with Gasteiger partial charge in [-0.05, 0) is 38.0 Å². The molecule has 5 rings (SSSR count). The maximum absolute atomic E-state index is 13.0. The van der Waals surface area contributed by atoms with Gasteiger partial charge in [0.15, 0.2) is 0 Å². The van der Waals surface area contributed by atoms with Crippen molar-refractivity contribution in [2.75, 3.05) is 6.54 Å². The van der Waals surface area contributed by atoms with Gasteiger partial charge in [0.2, 0.25) is 17.7 Å². The number of carbonyl (C=O) groups is 4. The Hall–Kier alpha value is -1.96. The maximum Gasteiger partial charge on any atom is 0.326 e. The Kier molecular flexibility index (Phi) is 4.23. The van der Waals surface area contributed by atoms with Gasteiger partial charge < -0.3 is 14.7 Å². The normalized spacial score (nSPS) is 41.5. The Morgan fingerprint density at radius 3 is 2.29 bits per heavy atom. The molecule has 28 heavy (non-hydrogen) atoms. The van der Waals surface area contributed by atoms with E-state index in [0.717, 1.165) is 38.5 Å². The summed E-state index contributed by atoms with van der Waals surface area (Å²) in [6.07, 6.45) is 5.71. The smallest absolute Gasteiger partial charge is 0.326 e. The third-order valence-corrected chi connectivity index (χ3v) is 7.59. The van der Waals surface area contributed by atoms with Gasteiger partial charge in [-0.1, -0.05) is 12.8 Å². The predicted molar refractivity (Wildman–Crippen MR) is 94.8 cm³/mol. The van der Waals surface area contributed by atoms with E-state index < -0.39 is 12.0 Å². The summed E-state index contributed by atoms with van der Waals surface area (Å²) in [5, 5.41) is 9.59. The minimum absolute atomic E-state index is 0.000110. The fourth-order valence-electron chi connectivity index (χ4n) is 6.37. The number of ether oxygens (including phenoxy) is 1. The largest absolute Gasteiger partial charge is 0.480 e. The van der Waals surface area contributed by atoms with Gasteiger partial charge in [0.05, 0.1) is 24.0 Å². The molecule has 0 aromatic carbocycles. The second kappa shape index (κ2) is 6.54. The second-order valence-corrected chi connectivity index (χ2v) is 8.92. The maximum atomic E-state index is 13.0. The van der Waals surface area contributed by atoms with Crippen molar-refractivity contribution in [3.8, 4) is 0 Å². The van der Waals surface area contributed by atoms with Gasteiger partial charge in [0.1, 0.15) is 6.04 Å². The van der Waals surface area contributed by atoms with Crippen LogP contribution >= 0.6 is 0 Å². The van der Waals surface area contributed by atoms with Crippen LogP contribution in [0.3, 0.4) is 0 Å². The minimum atomic E-state index is -0.959. The molecule has 1 N–H and O–H groups in total. The summed E-state index contributed by atoms with van der Waals surface area (Å²) in [6, 6.07) is -0.801. The monoisotopic (exact) mass is 390 g/mol. The third-order valence-electron chi connectivity index (χ3n) is 7.59. The van der Waals surface area contributed by atoms with Crippen molar-refractivity contribution < 1.29 is 29.0 Å². The summed E-state index contributed by atoms with van der Waals surface area (Å²) < 4.78 is 5.73. The van der Waals surface area contributed by atoms with Crippen LogP contribution in [0.5, 0.6) is 0 Å². The second-order valence-electron chi connectivity index (χ2n) is 8.92. The third kappa shape index (κ3) is 2.53. The van der Waals surface area contributed by atoms with Gasteiger partial charge in [0.25, 0.3) is 0 Å². The Labute approximate surface area is 163 Å². The average Bonchev–Trinajstić information content (AvgIpc) is 3.42. The highest BCUT2D eigenvalue weighted by atomic mass is 16.5. The molecule has 8 heteroatoms. The highest BCUT2D eigenvalue weighted by Crippen LogP contribution is 2.48. The minimum Gasteiger partial charge on any atom is -0.480 e. The molecule has 0 spiro atoms. The number of fused-ring (bicyclic) bond motifs is 6. The number of likely N-dealkylation sites (tertiary alicyclic amines) is 2. The molecule has 1 aliphatic carbocycles. The number of imide groups is 1. The number of nitrogens with zero attached hydrogens (tertiary/aromatic N) is 2. The molecule has 4 heterocycles. The van der Waals surface area contributed by atoms with E-state index in [4.69, 9.17) is 4.74 Å². The van der Waals surface area contributed by atoms with Crippen molar-refractivity contribution in [1.82, 2.24) is 9.80 Å². The first-order valence-corrected chi connectivity index (χ1v) is 10.5. The summed E-state index contributed by atoms with van der Waals surface area (Å²) in [6.45, 7) is 0.0448. The molecule has 1 saturated carbocycles. The van der Waals surface area contributed by atoms with Crippen LogP contribution in [0.4, 0.5) is 0 Å². The molecule has 0 radical (unpaired) electrons. The van der Waals surface area contributed by atoms with E-state index in [1.807, 2.05) is 0 Å². The predicted octanol–water partition coefficient (Wildman–Crippen LogP) is 0.783. The van der Waals surface area contributed by atoms with E-state index in [1.54, 1.807) is 4.90 Å². The average molecular weight is 390 g/mol. The highest BCUT2D eigenvalue weighted by molar-refractivity contribution is 6.06. The standard InChI is InChI=1S/C20H26N2O6/c23-15(22-11-4-2-1-3-10(11)9-12(22)20(26)27)7-8-21-18(24)16-13-5-6-14(28-13)17(16)19(21)25/h10-14,16-17H,1-9H2,(H,26,27). The fraction of sp³-hybridized carbons (Fsp3) is 0.800. The first-order chi connectivity index (χ1) is 13.5. The van der Waals surface area contributed by atoms with Crippen LogP contribution < -0.4 is 0 Å². The van der Waals surface area contributed by atoms with Crippen LogP contribution in [0.25, 0.3) is 0 Å². The zero-order valence-corrected chi connectivity index (χ0v) is 15.8. The van der Waals surface area contributed by atoms with E-state index in [9.17, 15) is 24.3 Å². The van der Waals surface area contributed by atoms with Crippen LogP contribution in [-0.4, -0.2) is 69.4 Å².